The van der Waals surface area contributed by atoms with Gasteiger partial charge in [-0.15, -0.1) is 0 Å². The Bertz CT molecular complexity index is 546. The van der Waals surface area contributed by atoms with Gasteiger partial charge in [-0.1, -0.05) is 23.4 Å². The molecular weight excluding hydrogens is 294 g/mol. The number of nitrogens with two attached hydrogens (primary N) is 1. The van der Waals surface area contributed by atoms with E-state index in [1.54, 1.807) is 24.3 Å². The number of methoxy groups -OCH3 is 1. The second kappa shape index (κ2) is 8.48. The SMILES string of the molecule is COCCCS(=O)(=O)N(CCC(N)=NO)c1ccccc1. The van der Waals surface area contributed by atoms with Gasteiger partial charge in [0.15, 0.2) is 0 Å². The molecule has 0 amide bonds. The van der Waals surface area contributed by atoms with E-state index in [1.165, 1.54) is 11.4 Å². The monoisotopic (exact) mass is 315 g/mol. The average molecular weight is 315 g/mol. The number of para-hydroxylation sites is 1. The lowest BCUT2D eigenvalue weighted by Crippen LogP contribution is -2.36. The number of hydrogen-bond donors (Lipinski definition) is 2. The Morgan fingerprint density at radius 2 is 2.05 bits per heavy atom. The van der Waals surface area contributed by atoms with Crippen molar-refractivity contribution in [1.29, 1.82) is 0 Å². The van der Waals surface area contributed by atoms with Crippen LogP contribution in [0.5, 0.6) is 0 Å². The van der Waals surface area contributed by atoms with E-state index >= 15 is 0 Å². The van der Waals surface area contributed by atoms with Crippen LogP contribution >= 0.6 is 0 Å². The third kappa shape index (κ3) is 5.60. The molecule has 0 atom stereocenters. The fourth-order valence-corrected chi connectivity index (χ4v) is 3.30. The lowest BCUT2D eigenvalue weighted by Gasteiger charge is -2.24. The first-order valence-electron chi connectivity index (χ1n) is 6.52. The van der Waals surface area contributed by atoms with Gasteiger partial charge >= 0.3 is 0 Å². The minimum atomic E-state index is -3.49. The van der Waals surface area contributed by atoms with Gasteiger partial charge in [0.05, 0.1) is 11.4 Å². The van der Waals surface area contributed by atoms with Crippen molar-refractivity contribution in [2.75, 3.05) is 30.3 Å². The maximum atomic E-state index is 12.4. The predicted octanol–water partition coefficient (Wildman–Crippen LogP) is 0.996. The summed E-state index contributed by atoms with van der Waals surface area (Å²) in [5, 5.41) is 11.4. The van der Waals surface area contributed by atoms with Gasteiger partial charge < -0.3 is 15.7 Å². The van der Waals surface area contributed by atoms with Crippen molar-refractivity contribution in [2.45, 2.75) is 12.8 Å². The van der Waals surface area contributed by atoms with Gasteiger partial charge in [-0.05, 0) is 18.6 Å². The van der Waals surface area contributed by atoms with Crippen LogP contribution in [-0.4, -0.2) is 45.5 Å². The van der Waals surface area contributed by atoms with Crippen LogP contribution in [0.3, 0.4) is 0 Å². The van der Waals surface area contributed by atoms with Crippen molar-refractivity contribution in [3.63, 3.8) is 0 Å². The predicted molar refractivity (Wildman–Crippen MR) is 82.1 cm³/mol. The van der Waals surface area contributed by atoms with Crippen molar-refractivity contribution < 1.29 is 18.4 Å². The van der Waals surface area contributed by atoms with Gasteiger partial charge in [0.1, 0.15) is 5.84 Å². The van der Waals surface area contributed by atoms with E-state index in [-0.39, 0.29) is 24.6 Å². The standard InChI is InChI=1S/C13H21N3O4S/c1-20-10-5-11-21(18,19)16(9-8-13(14)15-17)12-6-3-2-4-7-12/h2-4,6-7,17H,5,8-11H2,1H3,(H2,14,15). The number of rotatable bonds is 9. The van der Waals surface area contributed by atoms with Crippen molar-refractivity contribution in [3.05, 3.63) is 30.3 Å². The second-order valence-corrected chi connectivity index (χ2v) is 6.42. The van der Waals surface area contributed by atoms with E-state index in [9.17, 15) is 8.42 Å². The number of sulfonamides is 1. The molecule has 0 aliphatic heterocycles. The van der Waals surface area contributed by atoms with Crippen LogP contribution in [0.2, 0.25) is 0 Å². The van der Waals surface area contributed by atoms with Crippen LogP contribution in [0.25, 0.3) is 0 Å². The summed E-state index contributed by atoms with van der Waals surface area (Å²) < 4.78 is 31.0. The number of hydrogen-bond acceptors (Lipinski definition) is 5. The molecule has 1 aromatic rings. The van der Waals surface area contributed by atoms with Gasteiger partial charge in [0.2, 0.25) is 10.0 Å². The van der Waals surface area contributed by atoms with Crippen molar-refractivity contribution in [1.82, 2.24) is 0 Å². The van der Waals surface area contributed by atoms with Crippen LogP contribution in [0.15, 0.2) is 35.5 Å². The zero-order valence-corrected chi connectivity index (χ0v) is 12.8. The molecule has 118 valence electrons. The average Bonchev–Trinajstić information content (AvgIpc) is 2.48. The third-order valence-electron chi connectivity index (χ3n) is 2.83. The molecule has 8 heteroatoms. The first kappa shape index (κ1) is 17.3. The van der Waals surface area contributed by atoms with E-state index in [1.807, 2.05) is 6.07 Å². The topological polar surface area (TPSA) is 105 Å². The van der Waals surface area contributed by atoms with E-state index in [4.69, 9.17) is 15.7 Å². The molecule has 0 fully saturated rings. The van der Waals surface area contributed by atoms with Crippen LogP contribution in [0.4, 0.5) is 5.69 Å². The molecule has 0 bridgehead atoms. The Morgan fingerprint density at radius 3 is 2.62 bits per heavy atom. The third-order valence-corrected chi connectivity index (χ3v) is 4.70. The van der Waals surface area contributed by atoms with Crippen LogP contribution in [0.1, 0.15) is 12.8 Å². The number of anilines is 1. The Labute approximate surface area is 125 Å². The zero-order chi connectivity index (χ0) is 15.7. The van der Waals surface area contributed by atoms with Gasteiger partial charge in [-0.2, -0.15) is 0 Å². The maximum absolute atomic E-state index is 12.4. The highest BCUT2D eigenvalue weighted by atomic mass is 32.2. The molecule has 0 unspecified atom stereocenters. The number of oxime groups is 1. The van der Waals surface area contributed by atoms with Crippen LogP contribution < -0.4 is 10.0 Å². The molecular formula is C13H21N3O4S. The molecule has 0 saturated heterocycles. The summed E-state index contributed by atoms with van der Waals surface area (Å²) in [5.41, 5.74) is 5.98. The summed E-state index contributed by atoms with van der Waals surface area (Å²) in [4.78, 5) is 0. The lowest BCUT2D eigenvalue weighted by molar-refractivity contribution is 0.199. The van der Waals surface area contributed by atoms with Gasteiger partial charge in [0.25, 0.3) is 0 Å². The molecule has 0 heterocycles. The highest BCUT2D eigenvalue weighted by Gasteiger charge is 2.22. The quantitative estimate of drug-likeness (QED) is 0.232. The lowest BCUT2D eigenvalue weighted by atomic mass is 10.3. The summed E-state index contributed by atoms with van der Waals surface area (Å²) in [6, 6.07) is 8.75. The Kier molecular flexibility index (Phi) is 6.97. The second-order valence-electron chi connectivity index (χ2n) is 4.41. The van der Waals surface area contributed by atoms with Gasteiger partial charge in [-0.25, -0.2) is 8.42 Å². The first-order chi connectivity index (χ1) is 10.0. The van der Waals surface area contributed by atoms with E-state index < -0.39 is 10.0 Å². The molecule has 7 nitrogen and oxygen atoms in total. The van der Waals surface area contributed by atoms with Crippen LogP contribution in [-0.2, 0) is 14.8 Å². The molecule has 0 aliphatic carbocycles. The zero-order valence-electron chi connectivity index (χ0n) is 12.0. The largest absolute Gasteiger partial charge is 0.409 e. The Balaban J connectivity index is 2.91. The first-order valence-corrected chi connectivity index (χ1v) is 8.13. The molecule has 0 spiro atoms. The van der Waals surface area contributed by atoms with E-state index in [2.05, 4.69) is 5.16 Å². The number of benzene rings is 1. The normalized spacial score (nSPS) is 12.3. The fourth-order valence-electron chi connectivity index (χ4n) is 1.79. The van der Waals surface area contributed by atoms with E-state index in [0.29, 0.717) is 18.7 Å². The van der Waals surface area contributed by atoms with Crippen LogP contribution in [0, 0.1) is 0 Å². The Hall–Kier alpha value is -1.80. The van der Waals surface area contributed by atoms with Crippen molar-refractivity contribution in [2.24, 2.45) is 10.9 Å². The van der Waals surface area contributed by atoms with Gasteiger partial charge in [-0.3, -0.25) is 4.31 Å². The molecule has 1 aromatic carbocycles. The summed E-state index contributed by atoms with van der Waals surface area (Å²) in [7, 11) is -1.96. The highest BCUT2D eigenvalue weighted by molar-refractivity contribution is 7.92. The summed E-state index contributed by atoms with van der Waals surface area (Å²) >= 11 is 0. The molecule has 0 aliphatic rings. The molecule has 0 saturated carbocycles. The maximum Gasteiger partial charge on any atom is 0.235 e. The van der Waals surface area contributed by atoms with Gasteiger partial charge in [0, 0.05) is 26.7 Å². The van der Waals surface area contributed by atoms with Crippen molar-refractivity contribution >= 4 is 21.5 Å². The summed E-state index contributed by atoms with van der Waals surface area (Å²) in [6.45, 7) is 0.497. The number of nitrogens with zero attached hydrogens (tertiary/aromatic N) is 2. The number of amidine groups is 1. The molecule has 21 heavy (non-hydrogen) atoms. The number of ether oxygens (including phenoxy) is 1. The Morgan fingerprint density at radius 1 is 1.38 bits per heavy atom. The smallest absolute Gasteiger partial charge is 0.235 e. The van der Waals surface area contributed by atoms with Crippen molar-refractivity contribution in [3.8, 4) is 0 Å². The highest BCUT2D eigenvalue weighted by Crippen LogP contribution is 2.18. The molecule has 3 N–H and O–H groups in total. The van der Waals surface area contributed by atoms with E-state index in [0.717, 1.165) is 0 Å². The fraction of sp³-hybridized carbons (Fsp3) is 0.462. The molecule has 1 rings (SSSR count). The summed E-state index contributed by atoms with van der Waals surface area (Å²) in [5.74, 6) is -0.0330. The minimum Gasteiger partial charge on any atom is -0.409 e. The molecule has 0 aromatic heterocycles. The minimum absolute atomic E-state index is 0.0111. The summed E-state index contributed by atoms with van der Waals surface area (Å²) in [6.07, 6.45) is 0.556. The molecule has 0 radical (unpaired) electrons.